The summed E-state index contributed by atoms with van der Waals surface area (Å²) in [6.07, 6.45) is 4.40. The summed E-state index contributed by atoms with van der Waals surface area (Å²) in [5.41, 5.74) is 6.04. The zero-order chi connectivity index (χ0) is 12.1. The summed E-state index contributed by atoms with van der Waals surface area (Å²) >= 11 is 0. The van der Waals surface area contributed by atoms with Crippen LogP contribution >= 0.6 is 0 Å². The molecule has 1 saturated heterocycles. The van der Waals surface area contributed by atoms with Gasteiger partial charge in [0.1, 0.15) is 0 Å². The minimum absolute atomic E-state index is 0.325. The standard InChI is InChI=1S/C13H28N2O/c1-10(2)13(14)7-8-15(4)9-12-6-5-11(3)16-12/h10-13H,5-9,14H2,1-4H3. The predicted octanol–water partition coefficient (Wildman–Crippen LogP) is 1.86. The molecule has 3 heteroatoms. The van der Waals surface area contributed by atoms with E-state index in [-0.39, 0.29) is 0 Å². The Hall–Kier alpha value is -0.120. The maximum atomic E-state index is 6.04. The van der Waals surface area contributed by atoms with Crippen LogP contribution in [0.4, 0.5) is 0 Å². The Kier molecular flexibility index (Phi) is 5.73. The molecule has 0 aromatic heterocycles. The lowest BCUT2D eigenvalue weighted by molar-refractivity contribution is 0.0359. The van der Waals surface area contributed by atoms with Crippen LogP contribution in [0.1, 0.15) is 40.0 Å². The third kappa shape index (κ3) is 4.81. The second-order valence-corrected chi connectivity index (χ2v) is 5.60. The Labute approximate surface area is 100 Å². The molecule has 3 unspecified atom stereocenters. The molecular weight excluding hydrogens is 200 g/mol. The molecule has 0 aromatic carbocycles. The Morgan fingerprint density at radius 3 is 2.56 bits per heavy atom. The monoisotopic (exact) mass is 228 g/mol. The van der Waals surface area contributed by atoms with E-state index in [0.29, 0.717) is 24.2 Å². The van der Waals surface area contributed by atoms with Crippen LogP contribution in [0.15, 0.2) is 0 Å². The van der Waals surface area contributed by atoms with E-state index < -0.39 is 0 Å². The average Bonchev–Trinajstić information content (AvgIpc) is 2.60. The molecule has 96 valence electrons. The Morgan fingerprint density at radius 2 is 2.06 bits per heavy atom. The van der Waals surface area contributed by atoms with Crippen LogP contribution < -0.4 is 5.73 Å². The highest BCUT2D eigenvalue weighted by molar-refractivity contribution is 4.74. The van der Waals surface area contributed by atoms with Gasteiger partial charge in [-0.15, -0.1) is 0 Å². The minimum atomic E-state index is 0.325. The van der Waals surface area contributed by atoms with Gasteiger partial charge in [-0.1, -0.05) is 13.8 Å². The molecule has 0 aliphatic carbocycles. The van der Waals surface area contributed by atoms with Gasteiger partial charge >= 0.3 is 0 Å². The molecular formula is C13H28N2O. The van der Waals surface area contributed by atoms with Gasteiger partial charge in [-0.2, -0.15) is 0 Å². The molecule has 1 fully saturated rings. The van der Waals surface area contributed by atoms with E-state index in [1.165, 1.54) is 12.8 Å². The van der Waals surface area contributed by atoms with Gasteiger partial charge in [-0.05, 0) is 45.7 Å². The number of likely N-dealkylation sites (N-methyl/N-ethyl adjacent to an activating group) is 1. The first-order chi connectivity index (χ1) is 7.49. The largest absolute Gasteiger partial charge is 0.374 e. The molecule has 1 aliphatic heterocycles. The number of nitrogens with zero attached hydrogens (tertiary/aromatic N) is 1. The Morgan fingerprint density at radius 1 is 1.38 bits per heavy atom. The Balaban J connectivity index is 2.13. The van der Waals surface area contributed by atoms with Crippen LogP contribution in [0.2, 0.25) is 0 Å². The smallest absolute Gasteiger partial charge is 0.0706 e. The van der Waals surface area contributed by atoms with E-state index in [1.54, 1.807) is 0 Å². The number of nitrogens with two attached hydrogens (primary N) is 1. The predicted molar refractivity (Wildman–Crippen MR) is 68.5 cm³/mol. The van der Waals surface area contributed by atoms with E-state index >= 15 is 0 Å². The van der Waals surface area contributed by atoms with Crippen LogP contribution in [0, 0.1) is 5.92 Å². The molecule has 16 heavy (non-hydrogen) atoms. The lowest BCUT2D eigenvalue weighted by atomic mass is 10.0. The first-order valence-corrected chi connectivity index (χ1v) is 6.58. The van der Waals surface area contributed by atoms with Gasteiger partial charge in [0.05, 0.1) is 12.2 Å². The summed E-state index contributed by atoms with van der Waals surface area (Å²) in [7, 11) is 2.17. The van der Waals surface area contributed by atoms with Crippen molar-refractivity contribution in [2.45, 2.75) is 58.3 Å². The lowest BCUT2D eigenvalue weighted by Gasteiger charge is -2.23. The molecule has 1 rings (SSSR count). The summed E-state index contributed by atoms with van der Waals surface area (Å²) < 4.78 is 5.81. The van der Waals surface area contributed by atoms with Crippen molar-refractivity contribution in [2.24, 2.45) is 11.7 Å². The van der Waals surface area contributed by atoms with E-state index in [4.69, 9.17) is 10.5 Å². The van der Waals surface area contributed by atoms with Gasteiger partial charge in [-0.3, -0.25) is 0 Å². The van der Waals surface area contributed by atoms with Gasteiger partial charge in [0.2, 0.25) is 0 Å². The molecule has 0 spiro atoms. The Bertz CT molecular complexity index is 196. The first kappa shape index (κ1) is 13.9. The van der Waals surface area contributed by atoms with Crippen LogP contribution in [0.25, 0.3) is 0 Å². The van der Waals surface area contributed by atoms with Crippen molar-refractivity contribution in [3.05, 3.63) is 0 Å². The van der Waals surface area contributed by atoms with Gasteiger partial charge in [0.25, 0.3) is 0 Å². The van der Waals surface area contributed by atoms with Gasteiger partial charge in [-0.25, -0.2) is 0 Å². The summed E-state index contributed by atoms with van der Waals surface area (Å²) in [6, 6.07) is 0.325. The van der Waals surface area contributed by atoms with E-state index in [9.17, 15) is 0 Å². The normalized spacial score (nSPS) is 27.9. The SMILES string of the molecule is CC1CCC(CN(C)CCC(N)C(C)C)O1. The molecule has 1 aliphatic rings. The minimum Gasteiger partial charge on any atom is -0.374 e. The summed E-state index contributed by atoms with van der Waals surface area (Å²) in [4.78, 5) is 2.35. The van der Waals surface area contributed by atoms with Crippen LogP contribution in [0.3, 0.4) is 0 Å². The van der Waals surface area contributed by atoms with E-state index in [1.807, 2.05) is 0 Å². The van der Waals surface area contributed by atoms with E-state index in [2.05, 4.69) is 32.7 Å². The van der Waals surface area contributed by atoms with Crippen molar-refractivity contribution in [1.82, 2.24) is 4.90 Å². The lowest BCUT2D eigenvalue weighted by Crippen LogP contribution is -2.35. The van der Waals surface area contributed by atoms with Crippen molar-refractivity contribution in [1.29, 1.82) is 0 Å². The van der Waals surface area contributed by atoms with Crippen molar-refractivity contribution in [3.8, 4) is 0 Å². The maximum Gasteiger partial charge on any atom is 0.0706 e. The third-order valence-corrected chi connectivity index (χ3v) is 3.54. The number of rotatable bonds is 6. The summed E-state index contributed by atoms with van der Waals surface area (Å²) in [5.74, 6) is 0.580. The zero-order valence-corrected chi connectivity index (χ0v) is 11.3. The molecule has 0 amide bonds. The van der Waals surface area contributed by atoms with Crippen LogP contribution in [-0.2, 0) is 4.74 Å². The summed E-state index contributed by atoms with van der Waals surface area (Å²) in [5, 5.41) is 0. The number of ether oxygens (including phenoxy) is 1. The van der Waals surface area contributed by atoms with Gasteiger partial charge in [0, 0.05) is 12.6 Å². The second kappa shape index (κ2) is 6.58. The topological polar surface area (TPSA) is 38.5 Å². The average molecular weight is 228 g/mol. The molecule has 0 radical (unpaired) electrons. The third-order valence-electron chi connectivity index (χ3n) is 3.54. The van der Waals surface area contributed by atoms with Crippen molar-refractivity contribution in [3.63, 3.8) is 0 Å². The fourth-order valence-electron chi connectivity index (χ4n) is 2.16. The molecule has 3 atom stereocenters. The van der Waals surface area contributed by atoms with Gasteiger partial charge < -0.3 is 15.4 Å². The molecule has 2 N–H and O–H groups in total. The second-order valence-electron chi connectivity index (χ2n) is 5.60. The fourth-order valence-corrected chi connectivity index (χ4v) is 2.16. The van der Waals surface area contributed by atoms with Crippen molar-refractivity contribution >= 4 is 0 Å². The summed E-state index contributed by atoms with van der Waals surface area (Å²) in [6.45, 7) is 8.66. The number of hydrogen-bond donors (Lipinski definition) is 1. The molecule has 1 heterocycles. The highest BCUT2D eigenvalue weighted by Crippen LogP contribution is 2.19. The highest BCUT2D eigenvalue weighted by atomic mass is 16.5. The number of hydrogen-bond acceptors (Lipinski definition) is 3. The van der Waals surface area contributed by atoms with Crippen LogP contribution in [-0.4, -0.2) is 43.3 Å². The highest BCUT2D eigenvalue weighted by Gasteiger charge is 2.22. The quantitative estimate of drug-likeness (QED) is 0.754. The van der Waals surface area contributed by atoms with Gasteiger partial charge in [0.15, 0.2) is 0 Å². The zero-order valence-electron chi connectivity index (χ0n) is 11.3. The van der Waals surface area contributed by atoms with E-state index in [0.717, 1.165) is 19.5 Å². The van der Waals surface area contributed by atoms with Crippen molar-refractivity contribution < 1.29 is 4.74 Å². The molecule has 3 nitrogen and oxygen atoms in total. The van der Waals surface area contributed by atoms with Crippen molar-refractivity contribution in [2.75, 3.05) is 20.1 Å². The maximum absolute atomic E-state index is 6.04. The van der Waals surface area contributed by atoms with Crippen LogP contribution in [0.5, 0.6) is 0 Å². The fraction of sp³-hybridized carbons (Fsp3) is 1.00. The molecule has 0 aromatic rings. The molecule has 0 bridgehead atoms. The first-order valence-electron chi connectivity index (χ1n) is 6.58. The molecule has 0 saturated carbocycles.